The Morgan fingerprint density at radius 3 is 2.87 bits per heavy atom. The Kier molecular flexibility index (Phi) is 7.53. The first-order chi connectivity index (χ1) is 22.5. The van der Waals surface area contributed by atoms with Crippen LogP contribution in [0.1, 0.15) is 59.8 Å². The predicted molar refractivity (Wildman–Crippen MR) is 175 cm³/mol. The number of fused-ring (bicyclic) bond motifs is 1. The van der Waals surface area contributed by atoms with E-state index >= 15 is 0 Å². The number of imidazole rings is 1. The molecule has 12 heteroatoms. The lowest BCUT2D eigenvalue weighted by atomic mass is 9.44. The largest absolute Gasteiger partial charge is 0.460 e. The van der Waals surface area contributed by atoms with Crippen LogP contribution in [0.15, 0.2) is 55.8 Å². The van der Waals surface area contributed by atoms with Crippen molar-refractivity contribution in [2.24, 2.45) is 34.0 Å². The SMILES string of the molecule is C=C[C@]1(C)C[C@@H](OC(=O)Cn2cc(-c3cccc(Nc4ncnc5nc[nH]c45)c3)nn2)[C@]2(C)C(C)CC[C@]3(CCC(=O)[C@H]32)[C@@H](C)[C@@H]1O. The molecule has 12 nitrogen and oxygen atoms in total. The molecule has 3 fully saturated rings. The Morgan fingerprint density at radius 1 is 1.23 bits per heavy atom. The number of ketones is 1. The summed E-state index contributed by atoms with van der Waals surface area (Å²) < 4.78 is 7.86. The summed E-state index contributed by atoms with van der Waals surface area (Å²) in [7, 11) is 0. The fraction of sp³-hybridized carbons (Fsp3) is 0.514. The number of aromatic nitrogens is 7. The van der Waals surface area contributed by atoms with Crippen molar-refractivity contribution >= 4 is 34.4 Å². The number of anilines is 2. The second kappa shape index (κ2) is 11.4. The maximum atomic E-state index is 13.7. The van der Waals surface area contributed by atoms with Gasteiger partial charge in [-0.1, -0.05) is 51.1 Å². The number of aliphatic hydroxyl groups is 1. The molecule has 3 heterocycles. The van der Waals surface area contributed by atoms with Crippen LogP contribution < -0.4 is 5.32 Å². The van der Waals surface area contributed by atoms with E-state index in [1.54, 1.807) is 12.5 Å². The van der Waals surface area contributed by atoms with E-state index < -0.39 is 29.0 Å². The number of hydrogen-bond donors (Lipinski definition) is 3. The van der Waals surface area contributed by atoms with Gasteiger partial charge in [-0.05, 0) is 55.1 Å². The third kappa shape index (κ3) is 4.95. The Morgan fingerprint density at radius 2 is 2.06 bits per heavy atom. The summed E-state index contributed by atoms with van der Waals surface area (Å²) in [6.45, 7) is 12.4. The molecule has 2 bridgehead atoms. The molecule has 3 aliphatic rings. The van der Waals surface area contributed by atoms with Gasteiger partial charge in [0.1, 0.15) is 36.0 Å². The van der Waals surface area contributed by atoms with E-state index in [0.29, 0.717) is 35.5 Å². The highest BCUT2D eigenvalue weighted by Gasteiger charge is 2.68. The van der Waals surface area contributed by atoms with Crippen LogP contribution in [0.2, 0.25) is 0 Å². The molecule has 4 aromatic rings. The molecule has 3 saturated carbocycles. The first-order valence-corrected chi connectivity index (χ1v) is 16.4. The van der Waals surface area contributed by atoms with Gasteiger partial charge in [0.2, 0.25) is 0 Å². The summed E-state index contributed by atoms with van der Waals surface area (Å²) >= 11 is 0. The molecular formula is C35H42N8O4. The monoisotopic (exact) mass is 638 g/mol. The Bertz CT molecular complexity index is 1850. The third-order valence-corrected chi connectivity index (χ3v) is 12.0. The quantitative estimate of drug-likeness (QED) is 0.180. The molecular weight excluding hydrogens is 596 g/mol. The van der Waals surface area contributed by atoms with E-state index in [1.807, 2.05) is 37.3 Å². The lowest BCUT2D eigenvalue weighted by molar-refractivity contribution is -0.207. The maximum Gasteiger partial charge on any atom is 0.328 e. The van der Waals surface area contributed by atoms with Gasteiger partial charge in [0.25, 0.3) is 0 Å². The Balaban J connectivity index is 1.12. The Labute approximate surface area is 273 Å². The van der Waals surface area contributed by atoms with Crippen molar-refractivity contribution in [2.75, 3.05) is 5.32 Å². The normalized spacial score (nSPS) is 33.6. The average Bonchev–Trinajstić information content (AvgIpc) is 3.82. The number of carbonyl (C=O) groups is 2. The minimum atomic E-state index is -0.712. The van der Waals surface area contributed by atoms with Gasteiger partial charge in [0.15, 0.2) is 11.5 Å². The highest BCUT2D eigenvalue weighted by molar-refractivity contribution is 5.86. The number of H-pyrrole nitrogens is 1. The van der Waals surface area contributed by atoms with Crippen LogP contribution in [0.5, 0.6) is 0 Å². The van der Waals surface area contributed by atoms with Crippen LogP contribution in [0.3, 0.4) is 0 Å². The topological polar surface area (TPSA) is 161 Å². The third-order valence-electron chi connectivity index (χ3n) is 12.0. The zero-order chi connectivity index (χ0) is 33.1. The summed E-state index contributed by atoms with van der Waals surface area (Å²) in [4.78, 5) is 43.1. The minimum Gasteiger partial charge on any atom is -0.460 e. The van der Waals surface area contributed by atoms with Crippen LogP contribution >= 0.6 is 0 Å². The van der Waals surface area contributed by atoms with Crippen LogP contribution in [0.25, 0.3) is 22.4 Å². The van der Waals surface area contributed by atoms with Crippen molar-refractivity contribution in [2.45, 2.75) is 78.6 Å². The van der Waals surface area contributed by atoms with E-state index in [-0.39, 0.29) is 35.5 Å². The highest BCUT2D eigenvalue weighted by atomic mass is 16.5. The number of nitrogens with zero attached hydrogens (tertiary/aromatic N) is 6. The van der Waals surface area contributed by atoms with Crippen LogP contribution in [-0.2, 0) is 20.9 Å². The van der Waals surface area contributed by atoms with Gasteiger partial charge in [-0.3, -0.25) is 9.59 Å². The highest BCUT2D eigenvalue weighted by Crippen LogP contribution is 2.68. The fourth-order valence-electron chi connectivity index (χ4n) is 9.09. The van der Waals surface area contributed by atoms with E-state index in [2.05, 4.69) is 62.9 Å². The number of rotatable bonds is 7. The van der Waals surface area contributed by atoms with Gasteiger partial charge in [-0.2, -0.15) is 0 Å². The zero-order valence-corrected chi connectivity index (χ0v) is 27.3. The first kappa shape index (κ1) is 31.2. The molecule has 8 atom stereocenters. The summed E-state index contributed by atoms with van der Waals surface area (Å²) in [6.07, 6.45) is 8.69. The fourth-order valence-corrected chi connectivity index (χ4v) is 9.09. The number of esters is 1. The number of carbonyl (C=O) groups excluding carboxylic acids is 2. The number of benzene rings is 1. The van der Waals surface area contributed by atoms with Gasteiger partial charge < -0.3 is 20.1 Å². The van der Waals surface area contributed by atoms with Gasteiger partial charge >= 0.3 is 5.97 Å². The lowest BCUT2D eigenvalue weighted by Gasteiger charge is -2.61. The Hall–Kier alpha value is -4.45. The molecule has 3 aromatic heterocycles. The van der Waals surface area contributed by atoms with Gasteiger partial charge in [-0.15, -0.1) is 11.7 Å². The number of nitrogens with one attached hydrogen (secondary N) is 2. The van der Waals surface area contributed by atoms with E-state index in [4.69, 9.17) is 4.74 Å². The van der Waals surface area contributed by atoms with Gasteiger partial charge in [0.05, 0.1) is 18.6 Å². The summed E-state index contributed by atoms with van der Waals surface area (Å²) in [6, 6.07) is 7.64. The molecule has 3 N–H and O–H groups in total. The summed E-state index contributed by atoms with van der Waals surface area (Å²) in [5.41, 5.74) is 1.84. The number of aliphatic hydroxyl groups excluding tert-OH is 1. The first-order valence-electron chi connectivity index (χ1n) is 16.4. The molecule has 1 aromatic carbocycles. The number of Topliss-reactive ketones (excluding diaryl/α,β-unsaturated/α-hetero) is 1. The average molecular weight is 639 g/mol. The molecule has 0 amide bonds. The summed E-state index contributed by atoms with van der Waals surface area (Å²) in [5.74, 6) is 0.160. The molecule has 0 saturated heterocycles. The van der Waals surface area contributed by atoms with Crippen molar-refractivity contribution < 1.29 is 19.4 Å². The number of hydrogen-bond acceptors (Lipinski definition) is 10. The minimum absolute atomic E-state index is 0.0832. The molecule has 0 aliphatic heterocycles. The zero-order valence-electron chi connectivity index (χ0n) is 27.3. The molecule has 3 aliphatic carbocycles. The maximum absolute atomic E-state index is 13.7. The number of aromatic amines is 1. The van der Waals surface area contributed by atoms with Gasteiger partial charge in [0, 0.05) is 34.4 Å². The number of ether oxygens (including phenoxy) is 1. The molecule has 246 valence electrons. The van der Waals surface area contributed by atoms with Crippen LogP contribution in [0.4, 0.5) is 11.5 Å². The molecule has 0 radical (unpaired) electrons. The molecule has 7 rings (SSSR count). The standard InChI is InChI=1S/C35H42N8O4/c1-6-33(4)15-26(34(5)20(2)10-12-35(21(3)30(33)46)13-11-25(44)29(34)35)47-27(45)17-43-16-24(41-42-43)22-8-7-9-23(14-22)40-32-28-31(37-18-36-28)38-19-39-32/h6-9,14,16,18-21,26,29-30,46H,1,10-13,15,17H2,2-5H3,(H2,36,37,38,39,40)/t20?,21-,26+,29-,30-,33+,34-,35-/m0/s1. The molecule has 0 spiro atoms. The molecule has 47 heavy (non-hydrogen) atoms. The van der Waals surface area contributed by atoms with E-state index in [9.17, 15) is 14.7 Å². The predicted octanol–water partition coefficient (Wildman–Crippen LogP) is 5.26. The van der Waals surface area contributed by atoms with Crippen molar-refractivity contribution in [1.29, 1.82) is 0 Å². The molecule has 1 unspecified atom stereocenters. The van der Waals surface area contributed by atoms with Gasteiger partial charge in [-0.25, -0.2) is 19.6 Å². The van der Waals surface area contributed by atoms with E-state index in [1.165, 1.54) is 11.0 Å². The van der Waals surface area contributed by atoms with Crippen molar-refractivity contribution in [1.82, 2.24) is 34.9 Å². The smallest absolute Gasteiger partial charge is 0.328 e. The van der Waals surface area contributed by atoms with Crippen molar-refractivity contribution in [3.05, 3.63) is 55.8 Å². The van der Waals surface area contributed by atoms with E-state index in [0.717, 1.165) is 30.5 Å². The van der Waals surface area contributed by atoms with Crippen molar-refractivity contribution in [3.8, 4) is 11.3 Å². The second-order valence-corrected chi connectivity index (χ2v) is 14.4. The van der Waals surface area contributed by atoms with Crippen LogP contribution in [-0.4, -0.2) is 64.0 Å². The second-order valence-electron chi connectivity index (χ2n) is 14.4. The van der Waals surface area contributed by atoms with Crippen LogP contribution in [0, 0.1) is 34.0 Å². The summed E-state index contributed by atoms with van der Waals surface area (Å²) in [5, 5.41) is 23.6. The van der Waals surface area contributed by atoms with Crippen molar-refractivity contribution in [3.63, 3.8) is 0 Å². The lowest BCUT2D eigenvalue weighted by Crippen LogP contribution is -2.63.